The van der Waals surface area contributed by atoms with Gasteiger partial charge in [0, 0.05) is 29.5 Å². The second-order valence-electron chi connectivity index (χ2n) is 5.09. The number of halogens is 1. The van der Waals surface area contributed by atoms with Gasteiger partial charge >= 0.3 is 0 Å². The first-order valence-electron chi connectivity index (χ1n) is 7.55. The molecule has 126 valence electrons. The van der Waals surface area contributed by atoms with Crippen LogP contribution in [-0.2, 0) is 9.59 Å². The zero-order valence-electron chi connectivity index (χ0n) is 13.3. The van der Waals surface area contributed by atoms with Gasteiger partial charge in [-0.25, -0.2) is 0 Å². The first kappa shape index (κ1) is 19.2. The quantitative estimate of drug-likeness (QED) is 0.636. The summed E-state index contributed by atoms with van der Waals surface area (Å²) in [5.74, 6) is -0.724. The Bertz CT molecular complexity index is 546. The van der Waals surface area contributed by atoms with E-state index in [0.717, 1.165) is 10.9 Å². The summed E-state index contributed by atoms with van der Waals surface area (Å²) >= 11 is 3.30. The third-order valence-electron chi connectivity index (χ3n) is 3.06. The number of benzene rings is 1. The molecule has 0 aromatic heterocycles. The largest absolute Gasteiger partial charge is 0.354 e. The molecule has 3 amide bonds. The molecule has 6 nitrogen and oxygen atoms in total. The van der Waals surface area contributed by atoms with E-state index in [1.54, 1.807) is 31.2 Å². The lowest BCUT2D eigenvalue weighted by molar-refractivity contribution is -0.128. The van der Waals surface area contributed by atoms with Crippen LogP contribution in [0.2, 0.25) is 0 Å². The maximum absolute atomic E-state index is 11.9. The van der Waals surface area contributed by atoms with Crippen LogP contribution in [0.25, 0.3) is 0 Å². The van der Waals surface area contributed by atoms with Crippen LogP contribution in [0.3, 0.4) is 0 Å². The lowest BCUT2D eigenvalue weighted by atomic mass is 10.2. The fourth-order valence-electron chi connectivity index (χ4n) is 1.77. The number of amides is 3. The molecule has 1 aromatic carbocycles. The molecule has 0 fully saturated rings. The normalized spacial score (nSPS) is 11.4. The van der Waals surface area contributed by atoms with Gasteiger partial charge in [0.15, 0.2) is 0 Å². The Labute approximate surface area is 144 Å². The number of carbonyl (C=O) groups is 3. The lowest BCUT2D eigenvalue weighted by Gasteiger charge is -2.14. The van der Waals surface area contributed by atoms with E-state index in [0.29, 0.717) is 12.1 Å². The molecule has 0 bridgehead atoms. The van der Waals surface area contributed by atoms with Gasteiger partial charge in [0.05, 0.1) is 0 Å². The van der Waals surface area contributed by atoms with Crippen molar-refractivity contribution < 1.29 is 14.4 Å². The van der Waals surface area contributed by atoms with Gasteiger partial charge in [-0.1, -0.05) is 22.9 Å². The monoisotopic (exact) mass is 383 g/mol. The molecule has 1 atom stereocenters. The molecular formula is C16H22BrN3O3. The zero-order chi connectivity index (χ0) is 17.2. The second kappa shape index (κ2) is 9.99. The summed E-state index contributed by atoms with van der Waals surface area (Å²) in [6.07, 6.45) is 0.960. The summed E-state index contributed by atoms with van der Waals surface area (Å²) in [5.41, 5.74) is 0.529. The van der Waals surface area contributed by atoms with Gasteiger partial charge < -0.3 is 16.0 Å². The maximum Gasteiger partial charge on any atom is 0.251 e. The van der Waals surface area contributed by atoms with Crippen LogP contribution in [0.15, 0.2) is 28.7 Å². The van der Waals surface area contributed by atoms with Gasteiger partial charge in [-0.2, -0.15) is 0 Å². The molecule has 0 aliphatic heterocycles. The summed E-state index contributed by atoms with van der Waals surface area (Å²) in [6.45, 7) is 4.38. The Morgan fingerprint density at radius 3 is 2.35 bits per heavy atom. The van der Waals surface area contributed by atoms with E-state index in [1.807, 2.05) is 6.92 Å². The topological polar surface area (TPSA) is 87.3 Å². The molecule has 0 aliphatic carbocycles. The van der Waals surface area contributed by atoms with Gasteiger partial charge in [0.2, 0.25) is 11.8 Å². The molecule has 0 heterocycles. The number of nitrogens with one attached hydrogen (secondary N) is 3. The minimum absolute atomic E-state index is 0.119. The van der Waals surface area contributed by atoms with Crippen molar-refractivity contribution in [1.82, 2.24) is 16.0 Å². The number of hydrogen-bond donors (Lipinski definition) is 3. The molecule has 0 unspecified atom stereocenters. The zero-order valence-corrected chi connectivity index (χ0v) is 14.9. The SMILES string of the molecule is CCCNC(=O)[C@H](C)NC(=O)CCNC(=O)c1ccc(Br)cc1. The van der Waals surface area contributed by atoms with Crippen molar-refractivity contribution in [2.45, 2.75) is 32.7 Å². The molecular weight excluding hydrogens is 362 g/mol. The van der Waals surface area contributed by atoms with E-state index < -0.39 is 6.04 Å². The van der Waals surface area contributed by atoms with Gasteiger partial charge in [0.1, 0.15) is 6.04 Å². The highest BCUT2D eigenvalue weighted by molar-refractivity contribution is 9.10. The lowest BCUT2D eigenvalue weighted by Crippen LogP contribution is -2.45. The third kappa shape index (κ3) is 7.27. The fourth-order valence-corrected chi connectivity index (χ4v) is 2.04. The van der Waals surface area contributed by atoms with Crippen molar-refractivity contribution >= 4 is 33.7 Å². The van der Waals surface area contributed by atoms with Crippen LogP contribution in [0.5, 0.6) is 0 Å². The van der Waals surface area contributed by atoms with Crippen molar-refractivity contribution in [3.63, 3.8) is 0 Å². The van der Waals surface area contributed by atoms with Crippen LogP contribution >= 0.6 is 15.9 Å². The van der Waals surface area contributed by atoms with Crippen LogP contribution in [0.4, 0.5) is 0 Å². The molecule has 1 rings (SSSR count). The Morgan fingerprint density at radius 2 is 1.74 bits per heavy atom. The van der Waals surface area contributed by atoms with Crippen LogP contribution in [0.1, 0.15) is 37.0 Å². The van der Waals surface area contributed by atoms with E-state index in [-0.39, 0.29) is 30.7 Å². The number of rotatable bonds is 8. The predicted molar refractivity (Wildman–Crippen MR) is 92.0 cm³/mol. The Hall–Kier alpha value is -1.89. The summed E-state index contributed by atoms with van der Waals surface area (Å²) < 4.78 is 0.892. The van der Waals surface area contributed by atoms with Crippen molar-refractivity contribution in [3.05, 3.63) is 34.3 Å². The Morgan fingerprint density at radius 1 is 1.09 bits per heavy atom. The highest BCUT2D eigenvalue weighted by atomic mass is 79.9. The number of carbonyl (C=O) groups excluding carboxylic acids is 3. The summed E-state index contributed by atoms with van der Waals surface area (Å²) in [7, 11) is 0. The van der Waals surface area contributed by atoms with Crippen LogP contribution in [-0.4, -0.2) is 36.9 Å². The molecule has 0 radical (unpaired) electrons. The van der Waals surface area contributed by atoms with E-state index in [4.69, 9.17) is 0 Å². The predicted octanol–water partition coefficient (Wildman–Crippen LogP) is 1.60. The van der Waals surface area contributed by atoms with Crippen LogP contribution in [0, 0.1) is 0 Å². The highest BCUT2D eigenvalue weighted by Crippen LogP contribution is 2.10. The third-order valence-corrected chi connectivity index (χ3v) is 3.59. The van der Waals surface area contributed by atoms with E-state index in [2.05, 4.69) is 31.9 Å². The molecule has 1 aromatic rings. The highest BCUT2D eigenvalue weighted by Gasteiger charge is 2.14. The molecule has 7 heteroatoms. The Balaban J connectivity index is 2.29. The second-order valence-corrected chi connectivity index (χ2v) is 6.01. The fraction of sp³-hybridized carbons (Fsp3) is 0.438. The van der Waals surface area contributed by atoms with E-state index in [9.17, 15) is 14.4 Å². The van der Waals surface area contributed by atoms with Crippen molar-refractivity contribution in [3.8, 4) is 0 Å². The van der Waals surface area contributed by atoms with E-state index in [1.165, 1.54) is 0 Å². The van der Waals surface area contributed by atoms with Crippen molar-refractivity contribution in [2.75, 3.05) is 13.1 Å². The minimum atomic E-state index is -0.587. The van der Waals surface area contributed by atoms with Crippen LogP contribution < -0.4 is 16.0 Å². The average Bonchev–Trinajstić information content (AvgIpc) is 2.52. The summed E-state index contributed by atoms with van der Waals surface area (Å²) in [4.78, 5) is 35.2. The smallest absolute Gasteiger partial charge is 0.251 e. The number of hydrogen-bond acceptors (Lipinski definition) is 3. The molecule has 0 spiro atoms. The summed E-state index contributed by atoms with van der Waals surface area (Å²) in [5, 5.41) is 7.98. The standard InChI is InChI=1S/C16H22BrN3O3/c1-3-9-18-15(22)11(2)20-14(21)8-10-19-16(23)12-4-6-13(17)7-5-12/h4-7,11H,3,8-10H2,1-2H3,(H,18,22)(H,19,23)(H,20,21)/t11-/m0/s1. The average molecular weight is 384 g/mol. The molecule has 0 aliphatic rings. The van der Waals surface area contributed by atoms with E-state index >= 15 is 0 Å². The van der Waals surface area contributed by atoms with Gasteiger partial charge in [0.25, 0.3) is 5.91 Å². The minimum Gasteiger partial charge on any atom is -0.354 e. The van der Waals surface area contributed by atoms with Gasteiger partial charge in [-0.05, 0) is 37.6 Å². The van der Waals surface area contributed by atoms with Crippen molar-refractivity contribution in [1.29, 1.82) is 0 Å². The first-order valence-corrected chi connectivity index (χ1v) is 8.34. The Kier molecular flexibility index (Phi) is 8.32. The van der Waals surface area contributed by atoms with Gasteiger partial charge in [-0.3, -0.25) is 14.4 Å². The van der Waals surface area contributed by atoms with Gasteiger partial charge in [-0.15, -0.1) is 0 Å². The molecule has 23 heavy (non-hydrogen) atoms. The summed E-state index contributed by atoms with van der Waals surface area (Å²) in [6, 6.07) is 6.35. The molecule has 0 saturated heterocycles. The first-order chi connectivity index (χ1) is 10.9. The molecule has 0 saturated carbocycles. The molecule has 3 N–H and O–H groups in total. The maximum atomic E-state index is 11.9. The van der Waals surface area contributed by atoms with Crippen molar-refractivity contribution in [2.24, 2.45) is 0 Å².